The van der Waals surface area contributed by atoms with Gasteiger partial charge in [-0.25, -0.2) is 8.42 Å². The molecule has 0 fully saturated rings. The molecule has 19 heavy (non-hydrogen) atoms. The number of hydrogen-bond acceptors (Lipinski definition) is 4. The summed E-state index contributed by atoms with van der Waals surface area (Å²) in [6, 6.07) is 2.76. The molecule has 0 saturated heterocycles. The molecular weight excluding hydrogens is 294 g/mol. The van der Waals surface area contributed by atoms with Gasteiger partial charge in [-0.2, -0.15) is 4.31 Å². The van der Waals surface area contributed by atoms with Gasteiger partial charge in [-0.1, -0.05) is 11.6 Å². The largest absolute Gasteiger partial charge is 0.495 e. The zero-order chi connectivity index (χ0) is 14.8. The molecule has 0 aliphatic rings. The number of carbonyl (C=O) groups is 1. The van der Waals surface area contributed by atoms with Gasteiger partial charge >= 0.3 is 5.97 Å². The maximum atomic E-state index is 12.2. The van der Waals surface area contributed by atoms with Crippen molar-refractivity contribution in [1.29, 1.82) is 0 Å². The minimum Gasteiger partial charge on any atom is -0.495 e. The lowest BCUT2D eigenvalue weighted by atomic mass is 10.3. The number of aliphatic carboxylic acids is 1. The highest BCUT2D eigenvalue weighted by Gasteiger charge is 2.29. The molecule has 0 aliphatic carbocycles. The van der Waals surface area contributed by atoms with Crippen LogP contribution in [0.25, 0.3) is 0 Å². The highest BCUT2D eigenvalue weighted by molar-refractivity contribution is 7.89. The molecule has 0 saturated carbocycles. The van der Waals surface area contributed by atoms with Crippen LogP contribution in [0.5, 0.6) is 5.75 Å². The van der Waals surface area contributed by atoms with Crippen LogP contribution in [-0.4, -0.2) is 44.0 Å². The molecule has 1 atom stereocenters. The molecule has 8 heteroatoms. The van der Waals surface area contributed by atoms with E-state index < -0.39 is 22.0 Å². The van der Waals surface area contributed by atoms with Crippen LogP contribution in [0.1, 0.15) is 6.92 Å². The average Bonchev–Trinajstić information content (AvgIpc) is 2.36. The van der Waals surface area contributed by atoms with Crippen molar-refractivity contribution in [2.75, 3.05) is 14.2 Å². The zero-order valence-electron chi connectivity index (χ0n) is 10.6. The first-order chi connectivity index (χ1) is 8.71. The van der Waals surface area contributed by atoms with Crippen LogP contribution in [0.3, 0.4) is 0 Å². The Morgan fingerprint density at radius 1 is 1.47 bits per heavy atom. The van der Waals surface area contributed by atoms with Crippen LogP contribution in [0.2, 0.25) is 5.02 Å². The standard InChI is InChI=1S/C11H14ClNO5S/c1-7(11(14)15)13(2)19(16,17)8-4-5-9(12)10(6-8)18-3/h4-7H,1-3H3,(H,14,15). The van der Waals surface area contributed by atoms with E-state index in [0.29, 0.717) is 0 Å². The molecule has 0 bridgehead atoms. The van der Waals surface area contributed by atoms with Crippen LogP contribution in [0.15, 0.2) is 23.1 Å². The van der Waals surface area contributed by atoms with Gasteiger partial charge in [0.2, 0.25) is 10.0 Å². The van der Waals surface area contributed by atoms with E-state index in [2.05, 4.69) is 0 Å². The van der Waals surface area contributed by atoms with Crippen molar-refractivity contribution >= 4 is 27.6 Å². The minimum atomic E-state index is -3.92. The summed E-state index contributed by atoms with van der Waals surface area (Å²) in [6.45, 7) is 1.28. The molecule has 0 amide bonds. The van der Waals surface area contributed by atoms with Gasteiger partial charge in [0, 0.05) is 13.1 Å². The second kappa shape index (κ2) is 5.77. The highest BCUT2D eigenvalue weighted by atomic mass is 35.5. The van der Waals surface area contributed by atoms with Crippen molar-refractivity contribution in [3.8, 4) is 5.75 Å². The Morgan fingerprint density at radius 2 is 2.05 bits per heavy atom. The molecular formula is C11H14ClNO5S. The van der Waals surface area contributed by atoms with Gasteiger partial charge in [0.1, 0.15) is 11.8 Å². The van der Waals surface area contributed by atoms with Gasteiger partial charge < -0.3 is 9.84 Å². The Kier molecular flexibility index (Phi) is 4.78. The molecule has 6 nitrogen and oxygen atoms in total. The fourth-order valence-corrected chi connectivity index (χ4v) is 2.86. The van der Waals surface area contributed by atoms with E-state index in [1.807, 2.05) is 0 Å². The second-order valence-electron chi connectivity index (χ2n) is 3.83. The van der Waals surface area contributed by atoms with E-state index >= 15 is 0 Å². The molecule has 0 heterocycles. The lowest BCUT2D eigenvalue weighted by molar-refractivity contribution is -0.140. The topological polar surface area (TPSA) is 83.9 Å². The molecule has 1 rings (SSSR count). The van der Waals surface area contributed by atoms with Crippen molar-refractivity contribution < 1.29 is 23.1 Å². The third kappa shape index (κ3) is 3.17. The number of methoxy groups -OCH3 is 1. The van der Waals surface area contributed by atoms with Crippen LogP contribution < -0.4 is 4.74 Å². The summed E-state index contributed by atoms with van der Waals surface area (Å²) in [5, 5.41) is 9.13. The molecule has 1 aromatic rings. The summed E-state index contributed by atoms with van der Waals surface area (Å²) in [4.78, 5) is 10.8. The summed E-state index contributed by atoms with van der Waals surface area (Å²) in [7, 11) is -1.35. The van der Waals surface area contributed by atoms with Gasteiger partial charge in [0.05, 0.1) is 17.0 Å². The van der Waals surface area contributed by atoms with E-state index in [4.69, 9.17) is 21.4 Å². The summed E-state index contributed by atoms with van der Waals surface area (Å²) in [5.74, 6) is -1.02. The first kappa shape index (κ1) is 15.7. The number of benzene rings is 1. The first-order valence-corrected chi connectivity index (χ1v) is 7.08. The number of carboxylic acid groups (broad SMARTS) is 1. The molecule has 0 radical (unpaired) electrons. The summed E-state index contributed by atoms with van der Waals surface area (Å²) in [6.07, 6.45) is 0. The van der Waals surface area contributed by atoms with Crippen LogP contribution in [-0.2, 0) is 14.8 Å². The van der Waals surface area contributed by atoms with E-state index in [1.54, 1.807) is 0 Å². The molecule has 1 unspecified atom stereocenters. The fraction of sp³-hybridized carbons (Fsp3) is 0.364. The normalized spacial score (nSPS) is 13.3. The number of likely N-dealkylation sites (N-methyl/N-ethyl adjacent to an activating group) is 1. The predicted octanol–water partition coefficient (Wildman–Crippen LogP) is 1.44. The zero-order valence-corrected chi connectivity index (χ0v) is 12.2. The van der Waals surface area contributed by atoms with E-state index in [1.165, 1.54) is 39.3 Å². The molecule has 106 valence electrons. The van der Waals surface area contributed by atoms with Gasteiger partial charge in [0.15, 0.2) is 0 Å². The van der Waals surface area contributed by atoms with Gasteiger partial charge in [-0.15, -0.1) is 0 Å². The SMILES string of the molecule is COc1cc(S(=O)(=O)N(C)C(C)C(=O)O)ccc1Cl. The number of sulfonamides is 1. The summed E-state index contributed by atoms with van der Waals surface area (Å²) >= 11 is 5.81. The highest BCUT2D eigenvalue weighted by Crippen LogP contribution is 2.28. The molecule has 0 aliphatic heterocycles. The summed E-state index contributed by atoms with van der Waals surface area (Å²) in [5.41, 5.74) is 0. The quantitative estimate of drug-likeness (QED) is 0.890. The number of carboxylic acids is 1. The predicted molar refractivity (Wildman–Crippen MR) is 70.1 cm³/mol. The monoisotopic (exact) mass is 307 g/mol. The van der Waals surface area contributed by atoms with E-state index in [0.717, 1.165) is 4.31 Å². The van der Waals surface area contributed by atoms with Crippen LogP contribution in [0.4, 0.5) is 0 Å². The molecule has 0 spiro atoms. The lowest BCUT2D eigenvalue weighted by Gasteiger charge is -2.21. The molecule has 1 aromatic carbocycles. The molecule has 0 aromatic heterocycles. The Morgan fingerprint density at radius 3 is 2.53 bits per heavy atom. The average molecular weight is 308 g/mol. The Hall–Kier alpha value is -1.31. The third-order valence-corrected chi connectivity index (χ3v) is 4.94. The van der Waals surface area contributed by atoms with Gasteiger partial charge in [-0.3, -0.25) is 4.79 Å². The van der Waals surface area contributed by atoms with Crippen molar-refractivity contribution in [2.24, 2.45) is 0 Å². The summed E-state index contributed by atoms with van der Waals surface area (Å²) < 4.78 is 30.2. The smallest absolute Gasteiger partial charge is 0.321 e. The van der Waals surface area contributed by atoms with E-state index in [9.17, 15) is 13.2 Å². The second-order valence-corrected chi connectivity index (χ2v) is 6.24. The number of rotatable bonds is 5. The van der Waals surface area contributed by atoms with Crippen LogP contribution in [0, 0.1) is 0 Å². The van der Waals surface area contributed by atoms with Gasteiger partial charge in [0.25, 0.3) is 0 Å². The number of hydrogen-bond donors (Lipinski definition) is 1. The van der Waals surface area contributed by atoms with Crippen LogP contribution >= 0.6 is 11.6 Å². The first-order valence-electron chi connectivity index (χ1n) is 5.26. The van der Waals surface area contributed by atoms with E-state index in [-0.39, 0.29) is 15.7 Å². The van der Waals surface area contributed by atoms with Crippen molar-refractivity contribution in [3.63, 3.8) is 0 Å². The Balaban J connectivity index is 3.24. The lowest BCUT2D eigenvalue weighted by Crippen LogP contribution is -2.40. The van der Waals surface area contributed by atoms with Crippen molar-refractivity contribution in [3.05, 3.63) is 23.2 Å². The number of nitrogens with zero attached hydrogens (tertiary/aromatic N) is 1. The fourth-order valence-electron chi connectivity index (χ4n) is 1.33. The van der Waals surface area contributed by atoms with Crippen molar-refractivity contribution in [1.82, 2.24) is 4.31 Å². The maximum Gasteiger partial charge on any atom is 0.321 e. The number of halogens is 1. The van der Waals surface area contributed by atoms with Gasteiger partial charge in [-0.05, 0) is 19.1 Å². The Bertz CT molecular complexity index is 587. The minimum absolute atomic E-state index is 0.0793. The maximum absolute atomic E-state index is 12.2. The van der Waals surface area contributed by atoms with Crippen molar-refractivity contribution in [2.45, 2.75) is 17.9 Å². The third-order valence-electron chi connectivity index (χ3n) is 2.70. The Labute approximate surface area is 116 Å². The molecule has 1 N–H and O–H groups in total. The number of ether oxygens (including phenoxy) is 1.